The van der Waals surface area contributed by atoms with Gasteiger partial charge in [0, 0.05) is 4.88 Å². The van der Waals surface area contributed by atoms with Crippen molar-refractivity contribution < 1.29 is 19.1 Å². The lowest BCUT2D eigenvalue weighted by atomic mass is 9.85. The van der Waals surface area contributed by atoms with E-state index in [1.54, 1.807) is 20.8 Å². The van der Waals surface area contributed by atoms with Crippen molar-refractivity contribution in [2.24, 2.45) is 0 Å². The van der Waals surface area contributed by atoms with Gasteiger partial charge in [0.1, 0.15) is 0 Å². The summed E-state index contributed by atoms with van der Waals surface area (Å²) >= 11 is 2.66. The topological polar surface area (TPSA) is 88.4 Å². The number of hydrogen-bond acceptors (Lipinski definition) is 8. The van der Waals surface area contributed by atoms with Gasteiger partial charge in [0.05, 0.1) is 52.3 Å². The van der Waals surface area contributed by atoms with Gasteiger partial charge in [-0.3, -0.25) is 4.79 Å². The Hall–Kier alpha value is -3.02. The maximum absolute atomic E-state index is 13.1. The molecular weight excluding hydrogens is 444 g/mol. The number of esters is 2. The average molecular weight is 469 g/mol. The lowest BCUT2D eigenvalue weighted by molar-refractivity contribution is -0.144. The van der Waals surface area contributed by atoms with Gasteiger partial charge in [-0.2, -0.15) is 5.26 Å². The molecule has 1 aliphatic rings. The molecule has 0 unspecified atom stereocenters. The quantitative estimate of drug-likeness (QED) is 0.555. The van der Waals surface area contributed by atoms with E-state index in [2.05, 4.69) is 11.4 Å². The van der Waals surface area contributed by atoms with Crippen LogP contribution in [0.5, 0.6) is 0 Å². The third kappa shape index (κ3) is 5.42. The first-order chi connectivity index (χ1) is 15.5. The highest BCUT2D eigenvalue weighted by atomic mass is 32.2. The summed E-state index contributed by atoms with van der Waals surface area (Å²) in [5, 5.41) is 15.8. The molecule has 1 aliphatic heterocycles. The van der Waals surface area contributed by atoms with E-state index in [1.807, 2.05) is 47.8 Å². The van der Waals surface area contributed by atoms with Crippen molar-refractivity contribution in [1.82, 2.24) is 5.32 Å². The van der Waals surface area contributed by atoms with Crippen LogP contribution in [0.2, 0.25) is 0 Å². The number of nitrogens with zero attached hydrogens (tertiary/aromatic N) is 1. The first kappa shape index (κ1) is 23.6. The monoisotopic (exact) mass is 468 g/mol. The van der Waals surface area contributed by atoms with Crippen LogP contribution in [0.3, 0.4) is 0 Å². The van der Waals surface area contributed by atoms with Crippen LogP contribution in [0, 0.1) is 11.3 Å². The van der Waals surface area contributed by atoms with Gasteiger partial charge >= 0.3 is 11.9 Å². The molecule has 3 rings (SSSR count). The third-order valence-electron chi connectivity index (χ3n) is 4.54. The number of hydrogen-bond donors (Lipinski definition) is 1. The fraction of sp³-hybridized carbons (Fsp3) is 0.292. The zero-order chi connectivity index (χ0) is 23.1. The fourth-order valence-corrected chi connectivity index (χ4v) is 4.99. The van der Waals surface area contributed by atoms with E-state index >= 15 is 0 Å². The Morgan fingerprint density at radius 2 is 1.97 bits per heavy atom. The number of dihydropyridines is 1. The van der Waals surface area contributed by atoms with Crippen molar-refractivity contribution in [2.45, 2.75) is 32.8 Å². The highest BCUT2D eigenvalue weighted by molar-refractivity contribution is 8.03. The molecule has 0 fully saturated rings. The standard InChI is InChI=1S/C24H24N2O4S2/c1-4-29-24(28)21-20(18-11-8-12-31-18)17(13-25)23(32-14-19(27)30-15(2)3)26-22(21)16-9-6-5-7-10-16/h5-12,15,20,26H,4,14H2,1-3H3/t20-/m0/s1. The molecule has 1 atom stereocenters. The molecular formula is C24H24N2O4S2. The van der Waals surface area contributed by atoms with E-state index in [1.165, 1.54) is 23.1 Å². The van der Waals surface area contributed by atoms with E-state index < -0.39 is 11.9 Å². The summed E-state index contributed by atoms with van der Waals surface area (Å²) in [5.41, 5.74) is 2.11. The highest BCUT2D eigenvalue weighted by Gasteiger charge is 2.37. The number of nitrogens with one attached hydrogen (secondary N) is 1. The molecule has 0 aliphatic carbocycles. The highest BCUT2D eigenvalue weighted by Crippen LogP contribution is 2.44. The minimum Gasteiger partial charge on any atom is -0.463 e. The molecule has 0 spiro atoms. The van der Waals surface area contributed by atoms with Crippen molar-refractivity contribution in [3.05, 3.63) is 74.5 Å². The van der Waals surface area contributed by atoms with E-state index in [0.29, 0.717) is 21.9 Å². The molecule has 2 aromatic rings. The maximum Gasteiger partial charge on any atom is 0.337 e. The van der Waals surface area contributed by atoms with Gasteiger partial charge in [-0.15, -0.1) is 11.3 Å². The Kier molecular flexibility index (Phi) is 8.14. The largest absolute Gasteiger partial charge is 0.463 e. The third-order valence-corrected chi connectivity index (χ3v) is 6.47. The Morgan fingerprint density at radius 1 is 1.22 bits per heavy atom. The van der Waals surface area contributed by atoms with Gasteiger partial charge in [-0.1, -0.05) is 48.2 Å². The average Bonchev–Trinajstić information content (AvgIpc) is 3.31. The lowest BCUT2D eigenvalue weighted by Gasteiger charge is -2.30. The van der Waals surface area contributed by atoms with Crippen LogP contribution in [0.4, 0.5) is 0 Å². The van der Waals surface area contributed by atoms with E-state index in [-0.39, 0.29) is 24.4 Å². The van der Waals surface area contributed by atoms with Crippen LogP contribution in [0.1, 0.15) is 37.1 Å². The summed E-state index contributed by atoms with van der Waals surface area (Å²) in [4.78, 5) is 26.1. The number of thiophene rings is 1. The predicted molar refractivity (Wildman–Crippen MR) is 127 cm³/mol. The molecule has 1 N–H and O–H groups in total. The maximum atomic E-state index is 13.1. The second-order valence-corrected chi connectivity index (χ2v) is 9.10. The van der Waals surface area contributed by atoms with E-state index in [4.69, 9.17) is 9.47 Å². The van der Waals surface area contributed by atoms with Crippen LogP contribution >= 0.6 is 23.1 Å². The number of carbonyl (C=O) groups excluding carboxylic acids is 2. The molecule has 8 heteroatoms. The first-order valence-electron chi connectivity index (χ1n) is 10.2. The Balaban J connectivity index is 2.12. The second kappa shape index (κ2) is 11.0. The number of thioether (sulfide) groups is 1. The fourth-order valence-electron chi connectivity index (χ4n) is 3.33. The van der Waals surface area contributed by atoms with Crippen LogP contribution in [-0.4, -0.2) is 30.4 Å². The summed E-state index contributed by atoms with van der Waals surface area (Å²) < 4.78 is 10.6. The summed E-state index contributed by atoms with van der Waals surface area (Å²) in [7, 11) is 0. The smallest absolute Gasteiger partial charge is 0.337 e. The Bertz CT molecular complexity index is 1070. The molecule has 0 saturated heterocycles. The summed E-state index contributed by atoms with van der Waals surface area (Å²) in [6.45, 7) is 5.54. The van der Waals surface area contributed by atoms with Gasteiger partial charge in [-0.25, -0.2) is 4.79 Å². The molecule has 0 amide bonds. The summed E-state index contributed by atoms with van der Waals surface area (Å²) in [5.74, 6) is -1.40. The minimum absolute atomic E-state index is 0.0413. The van der Waals surface area contributed by atoms with Crippen LogP contribution in [0.25, 0.3) is 5.70 Å². The van der Waals surface area contributed by atoms with Gasteiger partial charge in [-0.05, 0) is 37.8 Å². The Labute approximate surface area is 195 Å². The van der Waals surface area contributed by atoms with Gasteiger partial charge in [0.15, 0.2) is 0 Å². The lowest BCUT2D eigenvalue weighted by Crippen LogP contribution is -2.29. The molecule has 0 saturated carbocycles. The molecule has 6 nitrogen and oxygen atoms in total. The molecule has 32 heavy (non-hydrogen) atoms. The van der Waals surface area contributed by atoms with Crippen molar-refractivity contribution in [2.75, 3.05) is 12.4 Å². The van der Waals surface area contributed by atoms with Crippen LogP contribution in [-0.2, 0) is 19.1 Å². The van der Waals surface area contributed by atoms with Crippen molar-refractivity contribution in [3.8, 4) is 6.07 Å². The molecule has 1 aromatic heterocycles. The molecule has 166 valence electrons. The van der Waals surface area contributed by atoms with Crippen LogP contribution < -0.4 is 5.32 Å². The number of carbonyl (C=O) groups is 2. The molecule has 2 heterocycles. The number of ether oxygens (including phenoxy) is 2. The Morgan fingerprint density at radius 3 is 2.56 bits per heavy atom. The van der Waals surface area contributed by atoms with Crippen molar-refractivity contribution in [1.29, 1.82) is 5.26 Å². The molecule has 0 radical (unpaired) electrons. The summed E-state index contributed by atoms with van der Waals surface area (Å²) in [6.07, 6.45) is -0.221. The molecule has 1 aromatic carbocycles. The zero-order valence-corrected chi connectivity index (χ0v) is 19.7. The number of nitriles is 1. The molecule has 0 bridgehead atoms. The van der Waals surface area contributed by atoms with Crippen molar-refractivity contribution >= 4 is 40.7 Å². The van der Waals surface area contributed by atoms with Crippen LogP contribution in [0.15, 0.2) is 64.0 Å². The number of allylic oxidation sites excluding steroid dienone is 1. The van der Waals surface area contributed by atoms with Gasteiger partial charge < -0.3 is 14.8 Å². The van der Waals surface area contributed by atoms with Gasteiger partial charge in [0.2, 0.25) is 0 Å². The normalized spacial score (nSPS) is 15.9. The number of benzene rings is 1. The summed E-state index contributed by atoms with van der Waals surface area (Å²) in [6, 6.07) is 15.5. The van der Waals surface area contributed by atoms with E-state index in [0.717, 1.165) is 10.4 Å². The number of rotatable bonds is 8. The van der Waals surface area contributed by atoms with Crippen molar-refractivity contribution in [3.63, 3.8) is 0 Å². The predicted octanol–water partition coefficient (Wildman–Crippen LogP) is 4.83. The first-order valence-corrected chi connectivity index (χ1v) is 12.1. The SMILES string of the molecule is CCOC(=O)C1=C(c2ccccc2)NC(SCC(=O)OC(C)C)=C(C#N)[C@H]1c1cccs1. The second-order valence-electron chi connectivity index (χ2n) is 7.13. The van der Waals surface area contributed by atoms with E-state index in [9.17, 15) is 14.9 Å². The minimum atomic E-state index is -0.598. The van der Waals surface area contributed by atoms with Gasteiger partial charge in [0.25, 0.3) is 0 Å². The zero-order valence-electron chi connectivity index (χ0n) is 18.1.